The molecule has 1 aromatic carbocycles. The Morgan fingerprint density at radius 1 is 1.33 bits per heavy atom. The Balaban J connectivity index is 3.19. The molecule has 0 unspecified atom stereocenters. The van der Waals surface area contributed by atoms with Crippen molar-refractivity contribution in [3.63, 3.8) is 0 Å². The van der Waals surface area contributed by atoms with Crippen LogP contribution in [0, 0.1) is 11.5 Å². The van der Waals surface area contributed by atoms with Gasteiger partial charge in [-0.3, -0.25) is 4.79 Å². The topological polar surface area (TPSA) is 17.1 Å². The summed E-state index contributed by atoms with van der Waals surface area (Å²) in [7, 11) is -1.41. The number of aldehydes is 1. The van der Waals surface area contributed by atoms with Crippen LogP contribution in [0.25, 0.3) is 0 Å². The molecule has 3 heteroatoms. The molecule has 1 aromatic rings. The van der Waals surface area contributed by atoms with E-state index in [0.717, 1.165) is 11.8 Å². The minimum Gasteiger partial charge on any atom is -0.298 e. The van der Waals surface area contributed by atoms with Crippen LogP contribution < -0.4 is 0 Å². The number of benzene rings is 1. The standard InChI is InChI=1S/C12H13ClOSi/c1-15(2,3)8-7-10-5-4-6-12(13)11(10)9-14/h4-6,9H,1-3H3. The second-order valence-electron chi connectivity index (χ2n) is 4.32. The van der Waals surface area contributed by atoms with Gasteiger partial charge in [0.25, 0.3) is 0 Å². The highest BCUT2D eigenvalue weighted by Crippen LogP contribution is 2.17. The summed E-state index contributed by atoms with van der Waals surface area (Å²) in [5.41, 5.74) is 4.42. The summed E-state index contributed by atoms with van der Waals surface area (Å²) < 4.78 is 0. The average Bonchev–Trinajstić information content (AvgIpc) is 2.13. The van der Waals surface area contributed by atoms with Gasteiger partial charge in [0, 0.05) is 11.1 Å². The largest absolute Gasteiger partial charge is 0.298 e. The smallest absolute Gasteiger partial charge is 0.152 e. The molecule has 78 valence electrons. The highest BCUT2D eigenvalue weighted by molar-refractivity contribution is 6.83. The summed E-state index contributed by atoms with van der Waals surface area (Å²) in [6.07, 6.45) is 0.760. The van der Waals surface area contributed by atoms with E-state index in [2.05, 4.69) is 31.1 Å². The van der Waals surface area contributed by atoms with Crippen LogP contribution in [0.15, 0.2) is 18.2 Å². The summed E-state index contributed by atoms with van der Waals surface area (Å²) in [4.78, 5) is 10.8. The molecule has 0 radical (unpaired) electrons. The molecule has 0 fully saturated rings. The predicted molar refractivity (Wildman–Crippen MR) is 67.1 cm³/mol. The highest BCUT2D eigenvalue weighted by Gasteiger charge is 2.08. The van der Waals surface area contributed by atoms with Crippen LogP contribution in [0.2, 0.25) is 24.7 Å². The van der Waals surface area contributed by atoms with Crippen molar-refractivity contribution in [2.75, 3.05) is 0 Å². The minimum absolute atomic E-state index is 0.465. The van der Waals surface area contributed by atoms with Gasteiger partial charge in [-0.15, -0.1) is 5.54 Å². The lowest BCUT2D eigenvalue weighted by atomic mass is 10.1. The predicted octanol–water partition coefficient (Wildman–Crippen LogP) is 3.38. The van der Waals surface area contributed by atoms with Crippen LogP contribution in [0.4, 0.5) is 0 Å². The van der Waals surface area contributed by atoms with Crippen LogP contribution in [-0.2, 0) is 0 Å². The number of hydrogen-bond acceptors (Lipinski definition) is 1. The SMILES string of the molecule is C[Si](C)(C)C#Cc1cccc(Cl)c1C=O. The molecular formula is C12H13ClOSi. The van der Waals surface area contributed by atoms with Gasteiger partial charge in [-0.2, -0.15) is 0 Å². The van der Waals surface area contributed by atoms with Crippen LogP contribution in [0.5, 0.6) is 0 Å². The zero-order valence-corrected chi connectivity index (χ0v) is 10.9. The number of carbonyl (C=O) groups is 1. The molecule has 0 aromatic heterocycles. The number of rotatable bonds is 1. The van der Waals surface area contributed by atoms with Gasteiger partial charge in [0.05, 0.1) is 5.02 Å². The molecule has 0 amide bonds. The second-order valence-corrected chi connectivity index (χ2v) is 9.48. The van der Waals surface area contributed by atoms with Crippen molar-refractivity contribution in [1.82, 2.24) is 0 Å². The molecule has 1 rings (SSSR count). The van der Waals surface area contributed by atoms with Crippen LogP contribution in [0.3, 0.4) is 0 Å². The van der Waals surface area contributed by atoms with Crippen LogP contribution >= 0.6 is 11.6 Å². The summed E-state index contributed by atoms with van der Waals surface area (Å²) in [5.74, 6) is 3.04. The molecule has 15 heavy (non-hydrogen) atoms. The molecule has 0 spiro atoms. The molecule has 0 saturated carbocycles. The van der Waals surface area contributed by atoms with E-state index in [1.54, 1.807) is 6.07 Å². The summed E-state index contributed by atoms with van der Waals surface area (Å²) in [6.45, 7) is 6.47. The van der Waals surface area contributed by atoms with E-state index in [1.165, 1.54) is 0 Å². The van der Waals surface area contributed by atoms with E-state index in [-0.39, 0.29) is 0 Å². The number of hydrogen-bond donors (Lipinski definition) is 0. The molecule has 1 nitrogen and oxygen atoms in total. The monoisotopic (exact) mass is 236 g/mol. The number of carbonyl (C=O) groups excluding carboxylic acids is 1. The van der Waals surface area contributed by atoms with Gasteiger partial charge in [-0.05, 0) is 12.1 Å². The third-order valence-corrected chi connectivity index (χ3v) is 2.95. The van der Waals surface area contributed by atoms with Gasteiger partial charge in [-0.25, -0.2) is 0 Å². The molecule has 0 N–H and O–H groups in total. The molecule has 0 aliphatic heterocycles. The zero-order valence-electron chi connectivity index (χ0n) is 9.10. The lowest BCUT2D eigenvalue weighted by Gasteiger charge is -2.04. The minimum atomic E-state index is -1.41. The maximum Gasteiger partial charge on any atom is 0.152 e. The van der Waals surface area contributed by atoms with Gasteiger partial charge < -0.3 is 0 Å². The fourth-order valence-electron chi connectivity index (χ4n) is 1.02. The van der Waals surface area contributed by atoms with Crippen LogP contribution in [0.1, 0.15) is 15.9 Å². The first-order valence-electron chi connectivity index (χ1n) is 4.71. The molecule has 0 aliphatic carbocycles. The zero-order chi connectivity index (χ0) is 11.5. The molecule has 0 heterocycles. The van der Waals surface area contributed by atoms with Gasteiger partial charge in [-0.1, -0.05) is 43.2 Å². The van der Waals surface area contributed by atoms with E-state index in [9.17, 15) is 4.79 Å². The molecule has 0 saturated heterocycles. The lowest BCUT2D eigenvalue weighted by Crippen LogP contribution is -2.16. The first-order chi connectivity index (χ1) is 6.94. The average molecular weight is 237 g/mol. The van der Waals surface area contributed by atoms with Crippen molar-refractivity contribution in [2.24, 2.45) is 0 Å². The van der Waals surface area contributed by atoms with Gasteiger partial charge >= 0.3 is 0 Å². The van der Waals surface area contributed by atoms with Crippen LogP contribution in [-0.4, -0.2) is 14.4 Å². The molecule has 0 bridgehead atoms. The molecule has 0 atom stereocenters. The first-order valence-corrected chi connectivity index (χ1v) is 8.59. The third kappa shape index (κ3) is 3.54. The van der Waals surface area contributed by atoms with E-state index in [1.807, 2.05) is 12.1 Å². The van der Waals surface area contributed by atoms with E-state index < -0.39 is 8.07 Å². The Hall–Kier alpha value is -1.04. The van der Waals surface area contributed by atoms with E-state index in [0.29, 0.717) is 10.6 Å². The Morgan fingerprint density at radius 3 is 2.53 bits per heavy atom. The molecule has 0 aliphatic rings. The fraction of sp³-hybridized carbons (Fsp3) is 0.250. The van der Waals surface area contributed by atoms with Crippen molar-refractivity contribution in [3.8, 4) is 11.5 Å². The fourth-order valence-corrected chi connectivity index (χ4v) is 1.75. The van der Waals surface area contributed by atoms with E-state index in [4.69, 9.17) is 11.6 Å². The number of halogens is 1. The van der Waals surface area contributed by atoms with Gasteiger partial charge in [0.2, 0.25) is 0 Å². The first kappa shape index (κ1) is 12.0. The van der Waals surface area contributed by atoms with Gasteiger partial charge in [0.15, 0.2) is 6.29 Å². The Bertz CT molecular complexity index is 435. The maximum absolute atomic E-state index is 10.8. The lowest BCUT2D eigenvalue weighted by molar-refractivity contribution is 0.112. The van der Waals surface area contributed by atoms with Crippen molar-refractivity contribution in [2.45, 2.75) is 19.6 Å². The van der Waals surface area contributed by atoms with Gasteiger partial charge in [0.1, 0.15) is 8.07 Å². The quantitative estimate of drug-likeness (QED) is 0.415. The highest BCUT2D eigenvalue weighted by atomic mass is 35.5. The Kier molecular flexibility index (Phi) is 3.73. The Labute approximate surface area is 96.5 Å². The normalized spacial score (nSPS) is 10.4. The van der Waals surface area contributed by atoms with Crippen molar-refractivity contribution in [1.29, 1.82) is 0 Å². The van der Waals surface area contributed by atoms with Crippen molar-refractivity contribution < 1.29 is 4.79 Å². The summed E-state index contributed by atoms with van der Waals surface area (Å²) >= 11 is 5.89. The third-order valence-electron chi connectivity index (χ3n) is 1.74. The maximum atomic E-state index is 10.8. The summed E-state index contributed by atoms with van der Waals surface area (Å²) in [6, 6.07) is 5.33. The van der Waals surface area contributed by atoms with Crippen molar-refractivity contribution >= 4 is 26.0 Å². The summed E-state index contributed by atoms with van der Waals surface area (Å²) in [5, 5.41) is 0.465. The van der Waals surface area contributed by atoms with E-state index >= 15 is 0 Å². The Morgan fingerprint density at radius 2 is 2.00 bits per heavy atom. The molecular weight excluding hydrogens is 224 g/mol. The second kappa shape index (κ2) is 4.65. The van der Waals surface area contributed by atoms with Crippen molar-refractivity contribution in [3.05, 3.63) is 34.3 Å².